The van der Waals surface area contributed by atoms with Gasteiger partial charge < -0.3 is 14.6 Å². The maximum absolute atomic E-state index is 5.97. The fourth-order valence-electron chi connectivity index (χ4n) is 3.00. The van der Waals surface area contributed by atoms with Gasteiger partial charge in [0.2, 0.25) is 0 Å². The van der Waals surface area contributed by atoms with E-state index >= 15 is 0 Å². The average Bonchev–Trinajstić information content (AvgIpc) is 3.11. The number of aromatic nitrogens is 1. The second-order valence-corrected chi connectivity index (χ2v) is 8.29. The number of hydrogen-bond donors (Lipinski definition) is 1. The first kappa shape index (κ1) is 17.1. The number of nitrogens with zero attached hydrogens (tertiary/aromatic N) is 2. The molecule has 0 radical (unpaired) electrons. The molecule has 4 nitrogen and oxygen atoms in total. The summed E-state index contributed by atoms with van der Waals surface area (Å²) in [6, 6.07) is 12.2. The van der Waals surface area contributed by atoms with Gasteiger partial charge in [0, 0.05) is 13.1 Å². The van der Waals surface area contributed by atoms with Crippen LogP contribution in [0.2, 0.25) is 0 Å². The maximum atomic E-state index is 5.97. The van der Waals surface area contributed by atoms with Crippen molar-refractivity contribution in [3.05, 3.63) is 42.2 Å². The Balaban J connectivity index is 1.61. The van der Waals surface area contributed by atoms with E-state index in [1.54, 1.807) is 11.3 Å². The number of rotatable bonds is 7. The van der Waals surface area contributed by atoms with E-state index in [1.807, 2.05) is 30.3 Å². The summed E-state index contributed by atoms with van der Waals surface area (Å²) in [5.41, 5.74) is 1.25. The van der Waals surface area contributed by atoms with Gasteiger partial charge in [-0.25, -0.2) is 4.98 Å². The lowest BCUT2D eigenvalue weighted by Gasteiger charge is -2.28. The molecule has 0 bridgehead atoms. The van der Waals surface area contributed by atoms with Crippen molar-refractivity contribution in [2.45, 2.75) is 20.4 Å². The summed E-state index contributed by atoms with van der Waals surface area (Å²) in [6.07, 6.45) is 0. The van der Waals surface area contributed by atoms with Crippen LogP contribution in [0, 0.1) is 5.41 Å². The fraction of sp³-hybridized carbons (Fsp3) is 0.421. The highest BCUT2D eigenvalue weighted by atomic mass is 32.1. The Morgan fingerprint density at radius 3 is 2.71 bits per heavy atom. The number of fused-ring (bicyclic) bond motifs is 1. The van der Waals surface area contributed by atoms with E-state index in [9.17, 15) is 0 Å². The van der Waals surface area contributed by atoms with Crippen LogP contribution < -0.4 is 5.32 Å². The molecule has 3 rings (SSSR count). The lowest BCUT2D eigenvalue weighted by Crippen LogP contribution is -2.37. The van der Waals surface area contributed by atoms with Gasteiger partial charge in [-0.15, -0.1) is 11.3 Å². The predicted octanol–water partition coefficient (Wildman–Crippen LogP) is 4.23. The molecule has 0 atom stereocenters. The number of furan rings is 1. The minimum absolute atomic E-state index is 0.228. The third-order valence-corrected chi connectivity index (χ3v) is 4.86. The summed E-state index contributed by atoms with van der Waals surface area (Å²) in [6.45, 7) is 7.28. The first-order valence-electron chi connectivity index (χ1n) is 8.23. The SMILES string of the molecule is CN(C)CC(C)(C)CNCc1ccc(-c2nc3ccccc3s2)o1. The minimum Gasteiger partial charge on any atom is -0.457 e. The summed E-state index contributed by atoms with van der Waals surface area (Å²) < 4.78 is 7.16. The maximum Gasteiger partial charge on any atom is 0.163 e. The zero-order valence-corrected chi connectivity index (χ0v) is 15.6. The highest BCUT2D eigenvalue weighted by molar-refractivity contribution is 7.21. The van der Waals surface area contributed by atoms with E-state index in [4.69, 9.17) is 4.42 Å². The van der Waals surface area contributed by atoms with Crippen LogP contribution in [0.5, 0.6) is 0 Å². The molecule has 2 aromatic heterocycles. The average molecular weight is 343 g/mol. The monoisotopic (exact) mass is 343 g/mol. The first-order chi connectivity index (χ1) is 11.4. The molecule has 0 amide bonds. The van der Waals surface area contributed by atoms with Crippen LogP contribution >= 0.6 is 11.3 Å². The van der Waals surface area contributed by atoms with Gasteiger partial charge in [-0.3, -0.25) is 0 Å². The van der Waals surface area contributed by atoms with E-state index < -0.39 is 0 Å². The number of benzene rings is 1. The zero-order chi connectivity index (χ0) is 17.2. The van der Waals surface area contributed by atoms with Crippen molar-refractivity contribution in [1.29, 1.82) is 0 Å². The molecule has 0 spiro atoms. The molecular weight excluding hydrogens is 318 g/mol. The molecule has 0 fully saturated rings. The highest BCUT2D eigenvalue weighted by Gasteiger charge is 2.18. The Morgan fingerprint density at radius 2 is 1.96 bits per heavy atom. The smallest absolute Gasteiger partial charge is 0.163 e. The number of thiazole rings is 1. The summed E-state index contributed by atoms with van der Waals surface area (Å²) in [4.78, 5) is 6.87. The Kier molecular flexibility index (Phi) is 5.04. The summed E-state index contributed by atoms with van der Waals surface area (Å²) >= 11 is 1.67. The quantitative estimate of drug-likeness (QED) is 0.697. The molecule has 0 saturated heterocycles. The molecule has 0 aliphatic carbocycles. The Hall–Kier alpha value is -1.69. The lowest BCUT2D eigenvalue weighted by atomic mass is 9.93. The fourth-order valence-corrected chi connectivity index (χ4v) is 3.93. The highest BCUT2D eigenvalue weighted by Crippen LogP contribution is 2.31. The van der Waals surface area contributed by atoms with Gasteiger partial charge in [0.1, 0.15) is 5.76 Å². The molecule has 1 N–H and O–H groups in total. The molecule has 0 aliphatic rings. The third-order valence-electron chi connectivity index (χ3n) is 3.81. The van der Waals surface area contributed by atoms with Gasteiger partial charge in [-0.05, 0) is 43.8 Å². The van der Waals surface area contributed by atoms with Crippen molar-refractivity contribution in [1.82, 2.24) is 15.2 Å². The summed E-state index contributed by atoms with van der Waals surface area (Å²) in [5, 5.41) is 4.44. The van der Waals surface area contributed by atoms with Crippen molar-refractivity contribution in [3.63, 3.8) is 0 Å². The Bertz CT molecular complexity index is 771. The first-order valence-corrected chi connectivity index (χ1v) is 9.05. The van der Waals surface area contributed by atoms with E-state index in [-0.39, 0.29) is 5.41 Å². The molecular formula is C19H25N3OS. The Morgan fingerprint density at radius 1 is 1.17 bits per heavy atom. The van der Waals surface area contributed by atoms with Crippen LogP contribution in [-0.2, 0) is 6.54 Å². The van der Waals surface area contributed by atoms with Gasteiger partial charge >= 0.3 is 0 Å². The van der Waals surface area contributed by atoms with Crippen molar-refractivity contribution in [3.8, 4) is 10.8 Å². The van der Waals surface area contributed by atoms with Crippen molar-refractivity contribution in [2.24, 2.45) is 5.41 Å². The van der Waals surface area contributed by atoms with E-state index in [0.29, 0.717) is 0 Å². The largest absolute Gasteiger partial charge is 0.457 e. The van der Waals surface area contributed by atoms with Gasteiger partial charge in [0.05, 0.1) is 16.8 Å². The summed E-state index contributed by atoms with van der Waals surface area (Å²) in [5.74, 6) is 1.80. The molecule has 0 aliphatic heterocycles. The minimum atomic E-state index is 0.228. The normalized spacial score (nSPS) is 12.4. The number of hydrogen-bond acceptors (Lipinski definition) is 5. The van der Waals surface area contributed by atoms with Gasteiger partial charge in [0.25, 0.3) is 0 Å². The van der Waals surface area contributed by atoms with Crippen LogP contribution in [0.15, 0.2) is 40.8 Å². The van der Waals surface area contributed by atoms with Crippen LogP contribution in [0.3, 0.4) is 0 Å². The Labute approximate surface area is 147 Å². The summed E-state index contributed by atoms with van der Waals surface area (Å²) in [7, 11) is 4.22. The molecule has 0 unspecified atom stereocenters. The van der Waals surface area contributed by atoms with Gasteiger partial charge in [-0.1, -0.05) is 26.0 Å². The van der Waals surface area contributed by atoms with Crippen LogP contribution in [0.25, 0.3) is 21.0 Å². The van der Waals surface area contributed by atoms with E-state index in [0.717, 1.165) is 41.7 Å². The standard InChI is InChI=1S/C19H25N3OS/c1-19(2,13-22(3)4)12-20-11-14-9-10-16(23-14)18-21-15-7-5-6-8-17(15)24-18/h5-10,20H,11-13H2,1-4H3. The molecule has 24 heavy (non-hydrogen) atoms. The molecule has 3 aromatic rings. The van der Waals surface area contributed by atoms with Gasteiger partial charge in [0.15, 0.2) is 10.8 Å². The third kappa shape index (κ3) is 4.23. The van der Waals surface area contributed by atoms with Crippen LogP contribution in [0.1, 0.15) is 19.6 Å². The van der Waals surface area contributed by atoms with Gasteiger partial charge in [-0.2, -0.15) is 0 Å². The molecule has 1 aromatic carbocycles. The lowest BCUT2D eigenvalue weighted by molar-refractivity contribution is 0.230. The second kappa shape index (κ2) is 7.05. The molecule has 5 heteroatoms. The number of nitrogens with one attached hydrogen (secondary N) is 1. The second-order valence-electron chi connectivity index (χ2n) is 7.26. The predicted molar refractivity (Wildman–Crippen MR) is 101 cm³/mol. The van der Waals surface area contributed by atoms with E-state index in [1.165, 1.54) is 4.70 Å². The molecule has 0 saturated carbocycles. The van der Waals surface area contributed by atoms with E-state index in [2.05, 4.69) is 49.2 Å². The zero-order valence-electron chi connectivity index (χ0n) is 14.8. The van der Waals surface area contributed by atoms with Crippen LogP contribution in [-0.4, -0.2) is 37.1 Å². The van der Waals surface area contributed by atoms with Crippen molar-refractivity contribution in [2.75, 3.05) is 27.2 Å². The van der Waals surface area contributed by atoms with Crippen LogP contribution in [0.4, 0.5) is 0 Å². The number of para-hydroxylation sites is 1. The molecule has 2 heterocycles. The van der Waals surface area contributed by atoms with Crippen molar-refractivity contribution < 1.29 is 4.42 Å². The topological polar surface area (TPSA) is 41.3 Å². The van der Waals surface area contributed by atoms with Crippen molar-refractivity contribution >= 4 is 21.6 Å². The molecule has 128 valence electrons.